The van der Waals surface area contributed by atoms with Crippen LogP contribution in [0.2, 0.25) is 0 Å². The first-order valence-electron chi connectivity index (χ1n) is 25.8. The lowest BCUT2D eigenvalue weighted by atomic mass is 9.95. The van der Waals surface area contributed by atoms with Crippen molar-refractivity contribution >= 4 is 53.3 Å². The van der Waals surface area contributed by atoms with Crippen molar-refractivity contribution in [3.05, 3.63) is 83.4 Å². The zero-order valence-corrected chi connectivity index (χ0v) is 44.4. The smallest absolute Gasteiger partial charge is 0.442 e. The van der Waals surface area contributed by atoms with E-state index in [2.05, 4.69) is 62.4 Å². The number of carbonyl (C=O) groups excluding carboxylic acids is 7. The highest BCUT2D eigenvalue weighted by atomic mass is 19.4. The number of aromatic nitrogens is 2. The molecule has 0 radical (unpaired) electrons. The second kappa shape index (κ2) is 27.9. The quantitative estimate of drug-likeness (QED) is 0.0253. The molecule has 0 spiro atoms. The highest BCUT2D eigenvalue weighted by molar-refractivity contribution is 5.98. The first-order valence-corrected chi connectivity index (χ1v) is 25.8. The number of carboxylic acids is 1. The van der Waals surface area contributed by atoms with Gasteiger partial charge in [0, 0.05) is 49.8 Å². The van der Waals surface area contributed by atoms with E-state index in [9.17, 15) is 61.7 Å². The summed E-state index contributed by atoms with van der Waals surface area (Å²) in [7, 11) is 1.53. The number of likely N-dealkylation sites (tertiary alicyclic amines) is 1. The predicted octanol–water partition coefficient (Wildman–Crippen LogP) is 0.284. The Kier molecular flexibility index (Phi) is 21.8. The average molecular weight is 1110 g/mol. The van der Waals surface area contributed by atoms with Gasteiger partial charge in [0.1, 0.15) is 48.0 Å². The van der Waals surface area contributed by atoms with Gasteiger partial charge in [-0.05, 0) is 67.8 Å². The molecule has 1 saturated heterocycles. The number of likely N-dealkylation sites (N-methyl/N-ethyl adjacent to an activating group) is 1. The summed E-state index contributed by atoms with van der Waals surface area (Å²) in [5.74, 6) is -8.23. The monoisotopic (exact) mass is 1110 g/mol. The van der Waals surface area contributed by atoms with Gasteiger partial charge in [0.25, 0.3) is 0 Å². The number of halogens is 3. The van der Waals surface area contributed by atoms with E-state index in [1.165, 1.54) is 60.9 Å². The van der Waals surface area contributed by atoms with Crippen molar-refractivity contribution < 1.29 is 61.7 Å². The third kappa shape index (κ3) is 17.2. The Bertz CT molecular complexity index is 2660. The van der Waals surface area contributed by atoms with Crippen LogP contribution in [0, 0.1) is 11.8 Å². The van der Waals surface area contributed by atoms with Gasteiger partial charge in [-0.15, -0.1) is 10.2 Å². The van der Waals surface area contributed by atoms with Gasteiger partial charge in [-0.2, -0.15) is 13.2 Å². The molecule has 79 heavy (non-hydrogen) atoms. The maximum atomic E-state index is 14.7. The Morgan fingerprint density at radius 3 is 1.95 bits per heavy atom. The Balaban J connectivity index is 1.41. The van der Waals surface area contributed by atoms with E-state index in [-0.39, 0.29) is 87.4 Å². The van der Waals surface area contributed by atoms with Crippen LogP contribution in [-0.4, -0.2) is 154 Å². The van der Waals surface area contributed by atoms with Crippen LogP contribution in [0.1, 0.15) is 82.2 Å². The standard InChI is InChI=1S/C51H70F3N15O10/c1-6-28(4)41(46(76)63-36(23-32-24-58-26-60-32)47(77)69-20-8-10-38(69)44(74)64-37(48(78)79)22-30-13-17-33(70)18-14-30)66-43(73)35(21-29-11-15-31(16-12-29)50(67-68-50)51(52,53)54)62-45(75)40(27(2)3)65-42(72)34(61-39(71)25-57-5)9-7-19-59-49(55)56/h11-18,24,26-28,34-38,40-41,57,70H,6-10,19-23,25H2,1-5H3,(H,58,60)(H,61,71)(H,62,75)(H,63,76)(H,64,74)(H,65,72)(H,66,73)(H,78,79)(H4,55,56,59)/t28-,34-,35-,36-,37-,38-,40-,41-/m0/s1. The molecule has 14 N–H and O–H groups in total. The topological polar surface area (TPSA) is 382 Å². The Hall–Kier alpha value is -8.17. The molecular weight excluding hydrogens is 1040 g/mol. The van der Waals surface area contributed by atoms with Gasteiger partial charge in [0.15, 0.2) is 5.96 Å². The van der Waals surface area contributed by atoms with E-state index in [0.717, 1.165) is 12.1 Å². The molecule has 3 aromatic rings. The number of hydrogen-bond acceptors (Lipinski definition) is 14. The number of carbonyl (C=O) groups is 8. The number of amides is 7. The van der Waals surface area contributed by atoms with E-state index < -0.39 is 113 Å². The number of nitrogens with two attached hydrogens (primary N) is 2. The summed E-state index contributed by atoms with van der Waals surface area (Å²) in [6, 6.07) is 1.25. The van der Waals surface area contributed by atoms with Gasteiger partial charge < -0.3 is 68.8 Å². The molecule has 7 amide bonds. The van der Waals surface area contributed by atoms with Crippen LogP contribution < -0.4 is 48.7 Å². The summed E-state index contributed by atoms with van der Waals surface area (Å²) in [5.41, 5.74) is 9.02. The molecule has 0 bridgehead atoms. The number of aliphatic imine (C=N–C) groups is 1. The molecule has 0 aliphatic carbocycles. The summed E-state index contributed by atoms with van der Waals surface area (Å²) in [5, 5.41) is 44.8. The van der Waals surface area contributed by atoms with Gasteiger partial charge in [-0.25, -0.2) is 9.78 Å². The van der Waals surface area contributed by atoms with Crippen molar-refractivity contribution in [2.24, 2.45) is 38.5 Å². The van der Waals surface area contributed by atoms with E-state index in [0.29, 0.717) is 17.7 Å². The molecule has 0 unspecified atom stereocenters. The maximum absolute atomic E-state index is 14.7. The van der Waals surface area contributed by atoms with Crippen LogP contribution in [-0.2, 0) is 63.3 Å². The van der Waals surface area contributed by atoms with Crippen LogP contribution >= 0.6 is 0 Å². The lowest BCUT2D eigenvalue weighted by Crippen LogP contribution is -2.62. The van der Waals surface area contributed by atoms with Crippen molar-refractivity contribution in [2.45, 2.75) is 133 Å². The van der Waals surface area contributed by atoms with Gasteiger partial charge in [0.2, 0.25) is 41.4 Å². The number of nitrogens with one attached hydrogen (secondary N) is 8. The number of imidazole rings is 1. The number of aromatic hydroxyl groups is 1. The lowest BCUT2D eigenvalue weighted by Gasteiger charge is -2.32. The first kappa shape index (κ1) is 61.7. The van der Waals surface area contributed by atoms with E-state index >= 15 is 0 Å². The number of aromatic amines is 1. The highest BCUT2D eigenvalue weighted by Crippen LogP contribution is 2.52. The summed E-state index contributed by atoms with van der Waals surface area (Å²) in [6.07, 6.45) is -1.59. The number of hydrogen-bond donors (Lipinski definition) is 12. The maximum Gasteiger partial charge on any atom is 0.442 e. The largest absolute Gasteiger partial charge is 0.508 e. The molecule has 430 valence electrons. The third-order valence-corrected chi connectivity index (χ3v) is 13.5. The number of benzene rings is 2. The van der Waals surface area contributed by atoms with Crippen molar-refractivity contribution in [2.75, 3.05) is 26.7 Å². The average Bonchev–Trinajstić information content (AvgIpc) is 4.07. The fourth-order valence-corrected chi connectivity index (χ4v) is 8.86. The van der Waals surface area contributed by atoms with Crippen molar-refractivity contribution in [3.63, 3.8) is 0 Å². The number of rotatable bonds is 29. The van der Waals surface area contributed by atoms with Crippen molar-refractivity contribution in [1.82, 2.24) is 52.1 Å². The number of nitrogens with zero attached hydrogens (tertiary/aromatic N) is 5. The van der Waals surface area contributed by atoms with Gasteiger partial charge in [-0.3, -0.25) is 38.6 Å². The SMILES string of the molecule is CC[C@H](C)[C@H](NC(=O)[C@H](Cc1ccc(C2(C(F)(F)F)N=N2)cc1)NC(=O)[C@@H](NC(=O)[C@H](CCCN=C(N)N)NC(=O)CNC)C(C)C)C(=O)N[C@@H](Cc1cnc[nH]1)C(=O)N1CCC[C@H]1C(=O)N[C@@H](Cc1ccc(O)cc1)C(=O)O. The van der Waals surface area contributed by atoms with E-state index in [4.69, 9.17) is 11.5 Å². The normalized spacial score (nSPS) is 17.2. The minimum atomic E-state index is -4.83. The molecule has 2 aliphatic heterocycles. The molecule has 28 heteroatoms. The molecule has 3 heterocycles. The first-order chi connectivity index (χ1) is 37.4. The van der Waals surface area contributed by atoms with Crippen molar-refractivity contribution in [3.8, 4) is 5.75 Å². The number of guanidine groups is 1. The zero-order chi connectivity index (χ0) is 58.2. The molecule has 2 aromatic carbocycles. The fourth-order valence-electron chi connectivity index (χ4n) is 8.86. The molecule has 25 nitrogen and oxygen atoms in total. The number of phenols is 1. The minimum Gasteiger partial charge on any atom is -0.508 e. The fraction of sp³-hybridized carbons (Fsp3) is 0.529. The zero-order valence-electron chi connectivity index (χ0n) is 44.4. The summed E-state index contributed by atoms with van der Waals surface area (Å²) < 4.78 is 41.8. The Morgan fingerprint density at radius 2 is 1.39 bits per heavy atom. The lowest BCUT2D eigenvalue weighted by molar-refractivity contribution is -0.166. The molecule has 5 rings (SSSR count). The Morgan fingerprint density at radius 1 is 0.797 bits per heavy atom. The number of alkyl halides is 3. The molecular formula is C51H70F3N15O10. The van der Waals surface area contributed by atoms with Crippen molar-refractivity contribution in [1.29, 1.82) is 0 Å². The second-order valence-corrected chi connectivity index (χ2v) is 19.8. The van der Waals surface area contributed by atoms with Crippen LogP contribution in [0.4, 0.5) is 13.2 Å². The number of phenolic OH excluding ortho intramolecular Hbond substituents is 1. The van der Waals surface area contributed by atoms with Gasteiger partial charge >= 0.3 is 17.8 Å². The van der Waals surface area contributed by atoms with Gasteiger partial charge in [-0.1, -0.05) is 70.5 Å². The molecule has 8 atom stereocenters. The third-order valence-electron chi connectivity index (χ3n) is 13.5. The Labute approximate surface area is 453 Å². The van der Waals surface area contributed by atoms with Crippen LogP contribution in [0.5, 0.6) is 5.75 Å². The second-order valence-electron chi connectivity index (χ2n) is 19.8. The summed E-state index contributed by atoms with van der Waals surface area (Å²) >= 11 is 0. The molecule has 2 aliphatic rings. The van der Waals surface area contributed by atoms with Crippen LogP contribution in [0.15, 0.2) is 76.3 Å². The number of H-pyrrole nitrogens is 1. The molecule has 1 fully saturated rings. The molecule has 1 aromatic heterocycles. The van der Waals surface area contributed by atoms with Crippen LogP contribution in [0.25, 0.3) is 0 Å². The number of aliphatic carboxylic acids is 1. The molecule has 0 saturated carbocycles. The van der Waals surface area contributed by atoms with E-state index in [1.54, 1.807) is 27.7 Å². The number of carboxylic acid groups (broad SMARTS) is 1. The minimum absolute atomic E-state index is 0.0358. The van der Waals surface area contributed by atoms with Gasteiger partial charge in [0.05, 0.1) is 12.9 Å². The summed E-state index contributed by atoms with van der Waals surface area (Å²) in [4.78, 5) is 123. The van der Waals surface area contributed by atoms with Crippen LogP contribution in [0.3, 0.4) is 0 Å². The predicted molar refractivity (Wildman–Crippen MR) is 279 cm³/mol. The highest BCUT2D eigenvalue weighted by Gasteiger charge is 2.65. The summed E-state index contributed by atoms with van der Waals surface area (Å²) in [6.45, 7) is 6.67. The van der Waals surface area contributed by atoms with E-state index in [1.807, 2.05) is 0 Å².